The predicted octanol–water partition coefficient (Wildman–Crippen LogP) is 5.99. The van der Waals surface area contributed by atoms with E-state index in [0.29, 0.717) is 5.92 Å². The molecule has 2 fully saturated rings. The van der Waals surface area contributed by atoms with Crippen LogP contribution in [-0.2, 0) is 6.42 Å². The second-order valence-electron chi connectivity index (χ2n) is 11.0. The van der Waals surface area contributed by atoms with Crippen molar-refractivity contribution >= 4 is 17.3 Å². The number of carbonyl (C=O) groups is 1. The normalized spacial score (nSPS) is 18.4. The molecule has 0 unspecified atom stereocenters. The molecule has 3 aromatic carbocycles. The molecule has 0 bridgehead atoms. The molecule has 0 radical (unpaired) electrons. The average Bonchev–Trinajstić information content (AvgIpc) is 2.95. The van der Waals surface area contributed by atoms with Gasteiger partial charge in [-0.3, -0.25) is 4.79 Å². The third kappa shape index (κ3) is 5.41. The summed E-state index contributed by atoms with van der Waals surface area (Å²) in [6.07, 6.45) is 3.18. The highest BCUT2D eigenvalue weighted by atomic mass is 16.2. The van der Waals surface area contributed by atoms with Gasteiger partial charge in [-0.15, -0.1) is 0 Å². The fraction of sp³-hybridized carbons (Fsp3) is 0.394. The van der Waals surface area contributed by atoms with E-state index in [1.807, 2.05) is 29.2 Å². The number of piperazine rings is 1. The van der Waals surface area contributed by atoms with Crippen molar-refractivity contribution in [2.24, 2.45) is 5.92 Å². The molecule has 1 atom stereocenters. The van der Waals surface area contributed by atoms with Crippen LogP contribution in [-0.4, -0.2) is 49.6 Å². The van der Waals surface area contributed by atoms with Crippen molar-refractivity contribution in [2.45, 2.75) is 46.1 Å². The summed E-state index contributed by atoms with van der Waals surface area (Å²) in [4.78, 5) is 20.5. The molecule has 38 heavy (non-hydrogen) atoms. The van der Waals surface area contributed by atoms with Crippen molar-refractivity contribution in [1.82, 2.24) is 4.90 Å². The van der Waals surface area contributed by atoms with Gasteiger partial charge < -0.3 is 14.7 Å². The van der Waals surface area contributed by atoms with Crippen LogP contribution in [0.15, 0.2) is 66.7 Å². The van der Waals surface area contributed by atoms with Gasteiger partial charge in [0.15, 0.2) is 0 Å². The quantitative estimate of drug-likeness (QED) is 0.427. The summed E-state index contributed by atoms with van der Waals surface area (Å²) in [5.41, 5.74) is 7.52. The van der Waals surface area contributed by atoms with Crippen LogP contribution in [0.1, 0.15) is 52.4 Å². The van der Waals surface area contributed by atoms with E-state index in [0.717, 1.165) is 74.4 Å². The van der Waals surface area contributed by atoms with Gasteiger partial charge in [0.2, 0.25) is 0 Å². The number of aryl methyl sites for hydroxylation is 2. The van der Waals surface area contributed by atoms with Crippen LogP contribution in [0.25, 0.3) is 0 Å². The summed E-state index contributed by atoms with van der Waals surface area (Å²) in [5, 5.41) is 9.48. The maximum absolute atomic E-state index is 13.7. The number of amides is 1. The van der Waals surface area contributed by atoms with E-state index >= 15 is 0 Å². The van der Waals surface area contributed by atoms with E-state index in [4.69, 9.17) is 0 Å². The second-order valence-corrected chi connectivity index (χ2v) is 11.0. The Bertz CT molecular complexity index is 1320. The average molecular weight is 507 g/mol. The molecular weight excluding hydrogens is 468 g/mol. The highest BCUT2D eigenvalue weighted by Gasteiger charge is 2.29. The molecule has 5 rings (SSSR count). The summed E-state index contributed by atoms with van der Waals surface area (Å²) in [6, 6.07) is 25.4. The molecule has 196 valence electrons. The maximum atomic E-state index is 13.7. The number of nitriles is 1. The third-order valence-corrected chi connectivity index (χ3v) is 8.40. The molecule has 5 nitrogen and oxygen atoms in total. The minimum Gasteiger partial charge on any atom is -0.370 e. The Labute approximate surface area is 227 Å². The van der Waals surface area contributed by atoms with Crippen molar-refractivity contribution in [3.05, 3.63) is 94.5 Å². The van der Waals surface area contributed by atoms with Crippen LogP contribution in [0.4, 0.5) is 11.4 Å². The highest BCUT2D eigenvalue weighted by molar-refractivity contribution is 5.96. The summed E-state index contributed by atoms with van der Waals surface area (Å²) in [6.45, 7) is 10.7. The number of anilines is 2. The van der Waals surface area contributed by atoms with E-state index in [9.17, 15) is 10.1 Å². The molecule has 0 spiro atoms. The van der Waals surface area contributed by atoms with Gasteiger partial charge in [-0.2, -0.15) is 5.26 Å². The number of hydrogen-bond acceptors (Lipinski definition) is 4. The van der Waals surface area contributed by atoms with Crippen LogP contribution in [0.3, 0.4) is 0 Å². The van der Waals surface area contributed by atoms with Crippen LogP contribution in [0.5, 0.6) is 0 Å². The van der Waals surface area contributed by atoms with Crippen molar-refractivity contribution in [3.8, 4) is 6.07 Å². The summed E-state index contributed by atoms with van der Waals surface area (Å²) in [5.74, 6) is 0.741. The number of para-hydroxylation sites is 2. The second kappa shape index (κ2) is 11.3. The number of hydrogen-bond donors (Lipinski definition) is 0. The number of benzene rings is 3. The third-order valence-electron chi connectivity index (χ3n) is 8.40. The summed E-state index contributed by atoms with van der Waals surface area (Å²) < 4.78 is 0. The number of rotatable bonds is 5. The monoisotopic (exact) mass is 506 g/mol. The van der Waals surface area contributed by atoms with Crippen molar-refractivity contribution in [2.75, 3.05) is 42.5 Å². The van der Waals surface area contributed by atoms with Gasteiger partial charge in [-0.05, 0) is 93.0 Å². The Hall–Kier alpha value is -3.78. The summed E-state index contributed by atoms with van der Waals surface area (Å²) in [7, 11) is 0. The first-order chi connectivity index (χ1) is 18.4. The highest BCUT2D eigenvalue weighted by Crippen LogP contribution is 2.30. The number of piperidine rings is 1. The largest absolute Gasteiger partial charge is 0.370 e. The lowest BCUT2D eigenvalue weighted by molar-refractivity contribution is 0.0725. The minimum atomic E-state index is 0.159. The van der Waals surface area contributed by atoms with Gasteiger partial charge in [0.1, 0.15) is 6.07 Å². The van der Waals surface area contributed by atoms with E-state index in [1.54, 1.807) is 0 Å². The van der Waals surface area contributed by atoms with Crippen LogP contribution in [0, 0.1) is 31.1 Å². The van der Waals surface area contributed by atoms with E-state index in [1.165, 1.54) is 16.8 Å². The van der Waals surface area contributed by atoms with Gasteiger partial charge in [0, 0.05) is 50.0 Å². The Morgan fingerprint density at radius 2 is 1.63 bits per heavy atom. The Balaban J connectivity index is 1.24. The molecular formula is C33H38N4O. The first kappa shape index (κ1) is 25.9. The Morgan fingerprint density at radius 3 is 2.34 bits per heavy atom. The molecule has 0 saturated carbocycles. The van der Waals surface area contributed by atoms with E-state index in [2.05, 4.69) is 79.1 Å². The number of carbonyl (C=O) groups excluding carboxylic acids is 1. The first-order valence-electron chi connectivity index (χ1n) is 13.9. The fourth-order valence-electron chi connectivity index (χ4n) is 6.20. The van der Waals surface area contributed by atoms with Gasteiger partial charge in [-0.25, -0.2) is 0 Å². The molecule has 0 aliphatic carbocycles. The van der Waals surface area contributed by atoms with Gasteiger partial charge in [0.25, 0.3) is 5.91 Å². The van der Waals surface area contributed by atoms with Crippen LogP contribution in [0.2, 0.25) is 0 Å². The SMILES string of the molecule is Cc1cc(C)c(C(=O)N2CCN(c3ccccc3)[C@@H](C)C2)cc1CC1CCN(c2ccccc2C#N)CC1. The molecule has 2 aliphatic rings. The molecule has 3 aromatic rings. The smallest absolute Gasteiger partial charge is 0.254 e. The zero-order valence-electron chi connectivity index (χ0n) is 22.9. The van der Waals surface area contributed by atoms with Crippen molar-refractivity contribution in [1.29, 1.82) is 5.26 Å². The molecule has 5 heteroatoms. The van der Waals surface area contributed by atoms with Crippen molar-refractivity contribution in [3.63, 3.8) is 0 Å². The molecule has 0 N–H and O–H groups in total. The number of nitrogens with zero attached hydrogens (tertiary/aromatic N) is 4. The zero-order chi connectivity index (χ0) is 26.6. The molecule has 2 heterocycles. The zero-order valence-corrected chi connectivity index (χ0v) is 22.9. The lowest BCUT2D eigenvalue weighted by Crippen LogP contribution is -2.53. The lowest BCUT2D eigenvalue weighted by atomic mass is 9.86. The Kier molecular flexibility index (Phi) is 7.69. The topological polar surface area (TPSA) is 50.6 Å². The fourth-order valence-corrected chi connectivity index (χ4v) is 6.20. The molecule has 2 aliphatic heterocycles. The predicted molar refractivity (Wildman–Crippen MR) is 155 cm³/mol. The lowest BCUT2D eigenvalue weighted by Gasteiger charge is -2.41. The molecule has 0 aromatic heterocycles. The Morgan fingerprint density at radius 1 is 0.921 bits per heavy atom. The standard InChI is InChI=1S/C33H38N4O/c1-24-19-25(2)31(33(38)36-17-18-37(26(3)23-36)30-10-5-4-6-11-30)21-29(24)20-27-13-15-35(16-14-27)32-12-8-7-9-28(32)22-34/h4-12,19,21,26-27H,13-18,20,23H2,1-3H3/t26-/m0/s1. The van der Waals surface area contributed by atoms with E-state index in [-0.39, 0.29) is 11.9 Å². The van der Waals surface area contributed by atoms with Gasteiger partial charge in [-0.1, -0.05) is 36.4 Å². The first-order valence-corrected chi connectivity index (χ1v) is 13.9. The van der Waals surface area contributed by atoms with Gasteiger partial charge in [0.05, 0.1) is 11.3 Å². The van der Waals surface area contributed by atoms with Gasteiger partial charge >= 0.3 is 0 Å². The van der Waals surface area contributed by atoms with E-state index < -0.39 is 0 Å². The molecule has 2 saturated heterocycles. The van der Waals surface area contributed by atoms with Crippen LogP contribution < -0.4 is 9.80 Å². The minimum absolute atomic E-state index is 0.159. The van der Waals surface area contributed by atoms with Crippen molar-refractivity contribution < 1.29 is 4.79 Å². The van der Waals surface area contributed by atoms with Crippen LogP contribution >= 0.6 is 0 Å². The summed E-state index contributed by atoms with van der Waals surface area (Å²) >= 11 is 0. The maximum Gasteiger partial charge on any atom is 0.254 e. The molecule has 1 amide bonds.